The Morgan fingerprint density at radius 1 is 0.559 bits per heavy atom. The van der Waals surface area contributed by atoms with Crippen LogP contribution in [0.2, 0.25) is 0 Å². The summed E-state index contributed by atoms with van der Waals surface area (Å²) in [6.07, 6.45) is 9.84. The van der Waals surface area contributed by atoms with Crippen LogP contribution in [0.4, 0.5) is 0 Å². The highest BCUT2D eigenvalue weighted by atomic mass is 14.1. The predicted octanol–water partition coefficient (Wildman–Crippen LogP) is 8.99. The van der Waals surface area contributed by atoms with Crippen molar-refractivity contribution in [2.45, 2.75) is 51.9 Å². The lowest BCUT2D eigenvalue weighted by Gasteiger charge is -2.12. The number of rotatable bonds is 10. The van der Waals surface area contributed by atoms with Gasteiger partial charge in [-0.3, -0.25) is 0 Å². The van der Waals surface area contributed by atoms with E-state index in [2.05, 4.69) is 129 Å². The SMILES string of the molecule is CC=CCCc1ccc(CCc2ccc(-c3ccc(C[C@@H](C)c4ccccc4)cc3)cc2)cc1. The van der Waals surface area contributed by atoms with Gasteiger partial charge in [-0.2, -0.15) is 0 Å². The van der Waals surface area contributed by atoms with Crippen molar-refractivity contribution in [1.29, 1.82) is 0 Å². The molecular formula is C34H36. The maximum absolute atomic E-state index is 2.31. The van der Waals surface area contributed by atoms with E-state index >= 15 is 0 Å². The average Bonchev–Trinajstić information content (AvgIpc) is 2.90. The first kappa shape index (κ1) is 23.8. The molecule has 0 saturated carbocycles. The Balaban J connectivity index is 1.30. The van der Waals surface area contributed by atoms with Gasteiger partial charge in [-0.25, -0.2) is 0 Å². The molecule has 0 spiro atoms. The molecule has 0 fully saturated rings. The summed E-state index contributed by atoms with van der Waals surface area (Å²) in [5.74, 6) is 0.528. The smallest absolute Gasteiger partial charge is 0.0150 e. The van der Waals surface area contributed by atoms with Crippen LogP contribution in [0, 0.1) is 0 Å². The molecule has 34 heavy (non-hydrogen) atoms. The monoisotopic (exact) mass is 444 g/mol. The summed E-state index contributed by atoms with van der Waals surface area (Å²) >= 11 is 0. The lowest BCUT2D eigenvalue weighted by atomic mass is 9.92. The van der Waals surface area contributed by atoms with E-state index < -0.39 is 0 Å². The van der Waals surface area contributed by atoms with E-state index in [4.69, 9.17) is 0 Å². The molecule has 0 aliphatic heterocycles. The molecule has 0 bridgehead atoms. The zero-order valence-corrected chi connectivity index (χ0v) is 20.6. The minimum absolute atomic E-state index is 0.528. The van der Waals surface area contributed by atoms with Gasteiger partial charge in [0.25, 0.3) is 0 Å². The molecule has 0 amide bonds. The minimum Gasteiger partial charge on any atom is -0.0917 e. The van der Waals surface area contributed by atoms with Crippen LogP contribution in [0.25, 0.3) is 11.1 Å². The van der Waals surface area contributed by atoms with E-state index in [-0.39, 0.29) is 0 Å². The molecule has 0 heteroatoms. The standard InChI is InChI=1S/C34H36/c1-3-4-6-9-28-12-14-29(15-13-28)16-17-30-18-22-33(23-19-30)34-24-20-31(21-25-34)26-27(2)32-10-7-5-8-11-32/h3-5,7-8,10-15,18-25,27H,6,9,16-17,26H2,1-2H3/t27-/m1/s1. The van der Waals surface area contributed by atoms with Crippen molar-refractivity contribution in [3.63, 3.8) is 0 Å². The molecule has 0 heterocycles. The predicted molar refractivity (Wildman–Crippen MR) is 147 cm³/mol. The zero-order chi connectivity index (χ0) is 23.6. The first-order valence-electron chi connectivity index (χ1n) is 12.6. The molecule has 172 valence electrons. The lowest BCUT2D eigenvalue weighted by Crippen LogP contribution is -1.98. The van der Waals surface area contributed by atoms with Crippen molar-refractivity contribution in [2.24, 2.45) is 0 Å². The van der Waals surface area contributed by atoms with Gasteiger partial charge in [-0.05, 0) is 83.9 Å². The van der Waals surface area contributed by atoms with Gasteiger partial charge in [0.05, 0.1) is 0 Å². The van der Waals surface area contributed by atoms with Crippen molar-refractivity contribution in [3.8, 4) is 11.1 Å². The van der Waals surface area contributed by atoms with Gasteiger partial charge < -0.3 is 0 Å². The van der Waals surface area contributed by atoms with Gasteiger partial charge in [0.1, 0.15) is 0 Å². The van der Waals surface area contributed by atoms with E-state index in [1.54, 1.807) is 0 Å². The van der Waals surface area contributed by atoms with Crippen molar-refractivity contribution < 1.29 is 0 Å². The zero-order valence-electron chi connectivity index (χ0n) is 20.6. The van der Waals surface area contributed by atoms with Gasteiger partial charge in [0.2, 0.25) is 0 Å². The Kier molecular flexibility index (Phi) is 8.52. The summed E-state index contributed by atoms with van der Waals surface area (Å²) in [5.41, 5.74) is 9.61. The van der Waals surface area contributed by atoms with Crippen LogP contribution in [-0.4, -0.2) is 0 Å². The summed E-state index contributed by atoms with van der Waals surface area (Å²) in [6, 6.07) is 38.1. The summed E-state index contributed by atoms with van der Waals surface area (Å²) in [7, 11) is 0. The van der Waals surface area contributed by atoms with Crippen LogP contribution < -0.4 is 0 Å². The van der Waals surface area contributed by atoms with E-state index in [0.29, 0.717) is 5.92 Å². The van der Waals surface area contributed by atoms with E-state index in [1.165, 1.54) is 38.9 Å². The van der Waals surface area contributed by atoms with Gasteiger partial charge >= 0.3 is 0 Å². The van der Waals surface area contributed by atoms with Crippen molar-refractivity contribution in [2.75, 3.05) is 0 Å². The van der Waals surface area contributed by atoms with Crippen molar-refractivity contribution in [3.05, 3.63) is 143 Å². The van der Waals surface area contributed by atoms with Gasteiger partial charge in [-0.1, -0.05) is 122 Å². The molecular weight excluding hydrogens is 408 g/mol. The quantitative estimate of drug-likeness (QED) is 0.214. The van der Waals surface area contributed by atoms with Crippen LogP contribution in [0.1, 0.15) is 54.0 Å². The minimum atomic E-state index is 0.528. The number of allylic oxidation sites excluding steroid dienone is 2. The van der Waals surface area contributed by atoms with Crippen molar-refractivity contribution in [1.82, 2.24) is 0 Å². The van der Waals surface area contributed by atoms with Crippen LogP contribution in [-0.2, 0) is 25.7 Å². The molecule has 0 nitrogen and oxygen atoms in total. The van der Waals surface area contributed by atoms with E-state index in [0.717, 1.165) is 32.1 Å². The second-order valence-corrected chi connectivity index (χ2v) is 9.33. The average molecular weight is 445 g/mol. The first-order chi connectivity index (χ1) is 16.7. The molecule has 4 aromatic rings. The largest absolute Gasteiger partial charge is 0.0917 e. The Bertz CT molecular complexity index is 1150. The molecule has 1 atom stereocenters. The fourth-order valence-corrected chi connectivity index (χ4v) is 4.53. The fourth-order valence-electron chi connectivity index (χ4n) is 4.53. The normalized spacial score (nSPS) is 12.2. The Hall–Kier alpha value is -3.38. The molecule has 0 aliphatic rings. The second kappa shape index (κ2) is 12.2. The summed E-state index contributed by atoms with van der Waals surface area (Å²) in [6.45, 7) is 4.39. The highest BCUT2D eigenvalue weighted by Gasteiger charge is 2.07. The third-order valence-corrected chi connectivity index (χ3v) is 6.71. The first-order valence-corrected chi connectivity index (χ1v) is 12.6. The molecule has 4 rings (SSSR count). The lowest BCUT2D eigenvalue weighted by molar-refractivity contribution is 0.759. The van der Waals surface area contributed by atoms with Gasteiger partial charge in [0.15, 0.2) is 0 Å². The third kappa shape index (κ3) is 6.81. The topological polar surface area (TPSA) is 0 Å². The number of hydrogen-bond donors (Lipinski definition) is 0. The summed E-state index contributed by atoms with van der Waals surface area (Å²) in [5, 5.41) is 0. The number of hydrogen-bond acceptors (Lipinski definition) is 0. The van der Waals surface area contributed by atoms with Gasteiger partial charge in [0, 0.05) is 0 Å². The second-order valence-electron chi connectivity index (χ2n) is 9.33. The Labute approximate surface area is 206 Å². The fraction of sp³-hybridized carbons (Fsp3) is 0.235. The molecule has 0 aromatic heterocycles. The Morgan fingerprint density at radius 3 is 1.56 bits per heavy atom. The molecule has 0 radical (unpaired) electrons. The molecule has 0 unspecified atom stereocenters. The van der Waals surface area contributed by atoms with Crippen LogP contribution in [0.3, 0.4) is 0 Å². The number of benzene rings is 4. The van der Waals surface area contributed by atoms with Crippen LogP contribution in [0.15, 0.2) is 115 Å². The summed E-state index contributed by atoms with van der Waals surface area (Å²) in [4.78, 5) is 0. The van der Waals surface area contributed by atoms with E-state index in [1.807, 2.05) is 0 Å². The molecule has 0 saturated heterocycles. The molecule has 0 aliphatic carbocycles. The highest BCUT2D eigenvalue weighted by Crippen LogP contribution is 2.24. The maximum atomic E-state index is 2.31. The van der Waals surface area contributed by atoms with Gasteiger partial charge in [-0.15, -0.1) is 0 Å². The molecule has 0 N–H and O–H groups in total. The maximum Gasteiger partial charge on any atom is -0.0150 e. The molecule has 4 aromatic carbocycles. The highest BCUT2D eigenvalue weighted by molar-refractivity contribution is 5.64. The third-order valence-electron chi connectivity index (χ3n) is 6.71. The van der Waals surface area contributed by atoms with Crippen molar-refractivity contribution >= 4 is 0 Å². The van der Waals surface area contributed by atoms with Crippen LogP contribution >= 0.6 is 0 Å². The van der Waals surface area contributed by atoms with Crippen LogP contribution in [0.5, 0.6) is 0 Å². The summed E-state index contributed by atoms with van der Waals surface area (Å²) < 4.78 is 0. The van der Waals surface area contributed by atoms with E-state index in [9.17, 15) is 0 Å². The number of aryl methyl sites for hydroxylation is 3. The Morgan fingerprint density at radius 2 is 1.03 bits per heavy atom.